The molecule has 1 spiro atoms. The summed E-state index contributed by atoms with van der Waals surface area (Å²) in [6, 6.07) is 5.88. The van der Waals surface area contributed by atoms with Crippen LogP contribution in [0.5, 0.6) is 0 Å². The van der Waals surface area contributed by atoms with Gasteiger partial charge in [-0.15, -0.1) is 23.1 Å². The first-order valence-electron chi connectivity index (χ1n) is 9.54. The maximum atomic E-state index is 13.2. The van der Waals surface area contributed by atoms with Crippen LogP contribution in [-0.4, -0.2) is 65.5 Å². The molecule has 1 saturated heterocycles. The van der Waals surface area contributed by atoms with Gasteiger partial charge in [-0.25, -0.2) is 9.78 Å². The van der Waals surface area contributed by atoms with Crippen LogP contribution in [0.3, 0.4) is 0 Å². The molecule has 164 valence electrons. The molecule has 1 N–H and O–H groups in total. The normalized spacial score (nSPS) is 19.7. The fourth-order valence-electron chi connectivity index (χ4n) is 4.17. The Morgan fingerprint density at radius 2 is 2.16 bits per heavy atom. The number of methoxy groups -OCH3 is 1. The topological polar surface area (TPSA) is 100 Å². The van der Waals surface area contributed by atoms with Gasteiger partial charge in [-0.05, 0) is 30.2 Å². The van der Waals surface area contributed by atoms with Crippen LogP contribution in [0.4, 0.5) is 10.5 Å². The number of hydrogen-bond acceptors (Lipinski definition) is 7. The van der Waals surface area contributed by atoms with E-state index < -0.39 is 5.97 Å². The van der Waals surface area contributed by atoms with Crippen LogP contribution < -0.4 is 4.90 Å². The molecule has 1 aromatic carbocycles. The van der Waals surface area contributed by atoms with Crippen LogP contribution in [-0.2, 0) is 26.2 Å². The number of carboxylic acid groups (broad SMARTS) is 1. The number of carbonyl (C=O) groups excluding carboxylic acids is 2. The summed E-state index contributed by atoms with van der Waals surface area (Å²) in [5.74, 6) is -0.997. The molecule has 1 atom stereocenters. The highest BCUT2D eigenvalue weighted by Crippen LogP contribution is 2.47. The number of hydrogen-bond donors (Lipinski definition) is 1. The molecule has 0 bridgehead atoms. The van der Waals surface area contributed by atoms with Crippen LogP contribution in [0.2, 0.25) is 0 Å². The highest BCUT2D eigenvalue weighted by Gasteiger charge is 2.50. The number of amides is 2. The van der Waals surface area contributed by atoms with E-state index in [9.17, 15) is 14.4 Å². The van der Waals surface area contributed by atoms with Gasteiger partial charge in [-0.1, -0.05) is 15.9 Å². The minimum Gasteiger partial charge on any atom is -0.481 e. The monoisotopic (exact) mass is 525 g/mol. The number of aromatic nitrogens is 1. The SMILES string of the molecule is COC(=O)N1CC[C@]2(C1)CN(C(=O)Cc1ncc(SCC(=O)O)s1)c1ccc(Br)cc12. The number of rotatable bonds is 5. The molecule has 8 nitrogen and oxygen atoms in total. The Bertz CT molecular complexity index is 1050. The van der Waals surface area contributed by atoms with Gasteiger partial charge in [0, 0.05) is 35.2 Å². The van der Waals surface area contributed by atoms with Crippen LogP contribution >= 0.6 is 39.0 Å². The first-order valence-corrected chi connectivity index (χ1v) is 12.1. The van der Waals surface area contributed by atoms with Crippen molar-refractivity contribution in [2.24, 2.45) is 0 Å². The molecule has 3 heterocycles. The Balaban J connectivity index is 1.54. The lowest BCUT2D eigenvalue weighted by molar-refractivity contribution is -0.133. The van der Waals surface area contributed by atoms with Crippen molar-refractivity contribution in [3.8, 4) is 0 Å². The maximum Gasteiger partial charge on any atom is 0.409 e. The molecule has 0 unspecified atom stereocenters. The number of halogens is 1. The molecule has 1 aromatic heterocycles. The third-order valence-corrected chi connectivity index (χ3v) is 8.21. The van der Waals surface area contributed by atoms with E-state index >= 15 is 0 Å². The van der Waals surface area contributed by atoms with E-state index in [1.807, 2.05) is 18.2 Å². The lowest BCUT2D eigenvalue weighted by Gasteiger charge is -2.25. The van der Waals surface area contributed by atoms with Crippen molar-refractivity contribution in [1.82, 2.24) is 9.88 Å². The number of thioether (sulfide) groups is 1. The number of aliphatic carboxylic acids is 1. The summed E-state index contributed by atoms with van der Waals surface area (Å²) in [5, 5.41) is 9.47. The summed E-state index contributed by atoms with van der Waals surface area (Å²) in [6.07, 6.45) is 2.16. The van der Waals surface area contributed by atoms with Gasteiger partial charge in [0.25, 0.3) is 0 Å². The lowest BCUT2D eigenvalue weighted by atomic mass is 9.81. The molecule has 31 heavy (non-hydrogen) atoms. The predicted octanol–water partition coefficient (Wildman–Crippen LogP) is 3.38. The summed E-state index contributed by atoms with van der Waals surface area (Å²) < 4.78 is 6.59. The average Bonchev–Trinajstić information content (AvgIpc) is 3.45. The maximum absolute atomic E-state index is 13.2. The van der Waals surface area contributed by atoms with Gasteiger partial charge in [-0.2, -0.15) is 0 Å². The van der Waals surface area contributed by atoms with Gasteiger partial charge in [0.2, 0.25) is 5.91 Å². The van der Waals surface area contributed by atoms with Gasteiger partial charge in [0.15, 0.2) is 0 Å². The van der Waals surface area contributed by atoms with E-state index in [4.69, 9.17) is 9.84 Å². The van der Waals surface area contributed by atoms with Gasteiger partial charge in [0.05, 0.1) is 29.7 Å². The number of fused-ring (bicyclic) bond motifs is 2. The average molecular weight is 526 g/mol. The first-order chi connectivity index (χ1) is 14.8. The van der Waals surface area contributed by atoms with E-state index in [1.54, 1.807) is 16.0 Å². The third-order valence-electron chi connectivity index (χ3n) is 5.54. The fraction of sp³-hybridized carbons (Fsp3) is 0.400. The quantitative estimate of drug-likeness (QED) is 0.597. The Kier molecular flexibility index (Phi) is 6.27. The standard InChI is InChI=1S/C20H20BrN3O5S2/c1-29-19(28)23-5-4-20(10-23)11-24(14-3-2-12(21)6-13(14)20)16(25)7-15-22-8-18(31-15)30-9-17(26)27/h2-3,6,8H,4-5,7,9-11H2,1H3,(H,26,27)/t20-/m0/s1. The van der Waals surface area contributed by atoms with E-state index in [2.05, 4.69) is 20.9 Å². The molecule has 2 aromatic rings. The highest BCUT2D eigenvalue weighted by molar-refractivity contribution is 9.10. The number of thiazole rings is 1. The van der Waals surface area contributed by atoms with Crippen molar-refractivity contribution in [1.29, 1.82) is 0 Å². The van der Waals surface area contributed by atoms with Crippen LogP contribution in [0.15, 0.2) is 33.1 Å². The molecular formula is C20H20BrN3O5S2. The zero-order valence-corrected chi connectivity index (χ0v) is 19.9. The second-order valence-electron chi connectivity index (χ2n) is 7.50. The number of likely N-dealkylation sites (tertiary alicyclic amines) is 1. The zero-order chi connectivity index (χ0) is 22.2. The molecule has 2 aliphatic rings. The summed E-state index contributed by atoms with van der Waals surface area (Å²) in [5.41, 5.74) is 1.59. The van der Waals surface area contributed by atoms with Crippen molar-refractivity contribution in [3.05, 3.63) is 39.4 Å². The number of carbonyl (C=O) groups is 3. The molecule has 0 radical (unpaired) electrons. The van der Waals surface area contributed by atoms with Crippen LogP contribution in [0.25, 0.3) is 0 Å². The van der Waals surface area contributed by atoms with E-state index in [-0.39, 0.29) is 29.6 Å². The molecule has 0 saturated carbocycles. The van der Waals surface area contributed by atoms with Crippen molar-refractivity contribution in [2.75, 3.05) is 37.4 Å². The predicted molar refractivity (Wildman–Crippen MR) is 121 cm³/mol. The molecular weight excluding hydrogens is 506 g/mol. The Hall–Kier alpha value is -2.11. The van der Waals surface area contributed by atoms with Crippen molar-refractivity contribution in [2.45, 2.75) is 22.5 Å². The molecule has 0 aliphatic carbocycles. The van der Waals surface area contributed by atoms with E-state index in [0.717, 1.165) is 26.4 Å². The van der Waals surface area contributed by atoms with Crippen LogP contribution in [0, 0.1) is 0 Å². The lowest BCUT2D eigenvalue weighted by Crippen LogP contribution is -2.40. The zero-order valence-electron chi connectivity index (χ0n) is 16.7. The molecule has 2 amide bonds. The smallest absolute Gasteiger partial charge is 0.409 e. The van der Waals surface area contributed by atoms with Gasteiger partial charge >= 0.3 is 12.1 Å². The van der Waals surface area contributed by atoms with Gasteiger partial charge in [-0.3, -0.25) is 9.59 Å². The molecule has 1 fully saturated rings. The Morgan fingerprint density at radius 3 is 2.90 bits per heavy atom. The van der Waals surface area contributed by atoms with Crippen molar-refractivity contribution >= 4 is 62.7 Å². The Labute approximate surface area is 195 Å². The summed E-state index contributed by atoms with van der Waals surface area (Å²) in [6.45, 7) is 1.58. The highest BCUT2D eigenvalue weighted by atomic mass is 79.9. The van der Waals surface area contributed by atoms with E-state index in [0.29, 0.717) is 24.6 Å². The third kappa shape index (κ3) is 4.44. The molecule has 11 heteroatoms. The van der Waals surface area contributed by atoms with Crippen molar-refractivity contribution < 1.29 is 24.2 Å². The Morgan fingerprint density at radius 1 is 1.35 bits per heavy atom. The van der Waals surface area contributed by atoms with Gasteiger partial charge in [0.1, 0.15) is 5.01 Å². The number of nitrogens with zero attached hydrogens (tertiary/aromatic N) is 3. The second kappa shape index (κ2) is 8.79. The number of carboxylic acids is 1. The number of ether oxygens (including phenoxy) is 1. The van der Waals surface area contributed by atoms with Crippen molar-refractivity contribution in [3.63, 3.8) is 0 Å². The summed E-state index contributed by atoms with van der Waals surface area (Å²) >= 11 is 6.07. The van der Waals surface area contributed by atoms with Gasteiger partial charge < -0.3 is 19.6 Å². The summed E-state index contributed by atoms with van der Waals surface area (Å²) in [7, 11) is 1.37. The molecule has 4 rings (SSSR count). The van der Waals surface area contributed by atoms with E-state index in [1.165, 1.54) is 30.2 Å². The molecule has 2 aliphatic heterocycles. The fourth-order valence-corrected chi connectivity index (χ4v) is 6.26. The van der Waals surface area contributed by atoms with Crippen LogP contribution in [0.1, 0.15) is 17.0 Å². The second-order valence-corrected chi connectivity index (χ2v) is 10.8. The minimum absolute atomic E-state index is 0.0385. The number of anilines is 1. The summed E-state index contributed by atoms with van der Waals surface area (Å²) in [4.78, 5) is 43.8. The first kappa shape index (κ1) is 22.1. The minimum atomic E-state index is -0.890. The largest absolute Gasteiger partial charge is 0.481 e. The number of benzene rings is 1.